The van der Waals surface area contributed by atoms with Gasteiger partial charge in [-0.15, -0.1) is 0 Å². The van der Waals surface area contributed by atoms with E-state index in [1.165, 1.54) is 6.08 Å². The molecule has 0 fully saturated rings. The van der Waals surface area contributed by atoms with Crippen LogP contribution < -0.4 is 20.7 Å². The van der Waals surface area contributed by atoms with Crippen molar-refractivity contribution in [3.63, 3.8) is 0 Å². The van der Waals surface area contributed by atoms with Gasteiger partial charge >= 0.3 is 0 Å². The molecule has 0 aliphatic heterocycles. The minimum atomic E-state index is -0.362. The van der Waals surface area contributed by atoms with Gasteiger partial charge in [0.05, 0.1) is 7.11 Å². The van der Waals surface area contributed by atoms with Crippen LogP contribution in [0.25, 0.3) is 6.08 Å². The van der Waals surface area contributed by atoms with Crippen LogP contribution in [0.5, 0.6) is 5.75 Å². The van der Waals surface area contributed by atoms with Crippen LogP contribution in [0.2, 0.25) is 0 Å². The van der Waals surface area contributed by atoms with E-state index in [0.29, 0.717) is 23.5 Å². The molecule has 0 atom stereocenters. The lowest BCUT2D eigenvalue weighted by Gasteiger charge is -2.09. The summed E-state index contributed by atoms with van der Waals surface area (Å²) in [6.07, 6.45) is 3.92. The summed E-state index contributed by atoms with van der Waals surface area (Å²) < 4.78 is 5.24. The minimum absolute atomic E-state index is 0.120. The molecule has 0 bridgehead atoms. The van der Waals surface area contributed by atoms with Crippen molar-refractivity contribution in [1.29, 1.82) is 0 Å². The first-order valence-corrected chi connectivity index (χ1v) is 9.25. The van der Waals surface area contributed by atoms with Crippen molar-refractivity contribution in [3.05, 3.63) is 65.7 Å². The Morgan fingerprint density at radius 3 is 2.50 bits per heavy atom. The molecule has 2 amide bonds. The Bertz CT molecular complexity index is 863. The quantitative estimate of drug-likeness (QED) is 0.493. The van der Waals surface area contributed by atoms with Gasteiger partial charge in [0.1, 0.15) is 5.75 Å². The molecule has 2 aromatic rings. The number of hydrogen-bond donors (Lipinski definition) is 3. The van der Waals surface area contributed by atoms with E-state index < -0.39 is 0 Å². The zero-order valence-corrected chi connectivity index (χ0v) is 16.6. The van der Waals surface area contributed by atoms with Crippen LogP contribution in [0, 0.1) is 0 Å². The summed E-state index contributed by atoms with van der Waals surface area (Å²) in [5.74, 6) is 0.194. The van der Waals surface area contributed by atoms with E-state index in [2.05, 4.69) is 16.0 Å². The summed E-state index contributed by atoms with van der Waals surface area (Å²) in [6, 6.07) is 14.2. The third-order valence-electron chi connectivity index (χ3n) is 3.73. The number of ether oxygens (including phenoxy) is 1. The molecule has 0 aliphatic rings. The largest absolute Gasteiger partial charge is 0.496 e. The number of nitrogens with one attached hydrogen (secondary N) is 3. The van der Waals surface area contributed by atoms with Crippen molar-refractivity contribution in [2.75, 3.05) is 19.0 Å². The lowest BCUT2D eigenvalue weighted by molar-refractivity contribution is -0.115. The van der Waals surface area contributed by atoms with Crippen LogP contribution in [0.4, 0.5) is 5.69 Å². The fourth-order valence-electron chi connectivity index (χ4n) is 2.33. The maximum absolute atomic E-state index is 12.0. The molecular weight excluding hydrogens is 374 g/mol. The normalized spacial score (nSPS) is 10.4. The third kappa shape index (κ3) is 6.51. The molecule has 0 unspecified atom stereocenters. The molecule has 146 valence electrons. The molecule has 0 radical (unpaired) electrons. The number of para-hydroxylation sites is 1. The number of hydrogen-bond acceptors (Lipinski definition) is 4. The molecule has 0 aliphatic carbocycles. The Labute approximate surface area is 170 Å². The van der Waals surface area contributed by atoms with Gasteiger partial charge < -0.3 is 15.4 Å². The second-order valence-corrected chi connectivity index (χ2v) is 6.26. The number of carbonyl (C=O) groups excluding carboxylic acids is 2. The lowest BCUT2D eigenvalue weighted by Crippen LogP contribution is -2.32. The molecule has 0 saturated heterocycles. The van der Waals surface area contributed by atoms with Crippen LogP contribution in [-0.4, -0.2) is 30.6 Å². The van der Waals surface area contributed by atoms with Crippen molar-refractivity contribution >= 4 is 40.9 Å². The van der Waals surface area contributed by atoms with Gasteiger partial charge in [0.25, 0.3) is 5.91 Å². The third-order valence-corrected chi connectivity index (χ3v) is 3.93. The van der Waals surface area contributed by atoms with Crippen molar-refractivity contribution in [2.24, 2.45) is 0 Å². The molecule has 0 aromatic heterocycles. The van der Waals surface area contributed by atoms with Gasteiger partial charge in [-0.3, -0.25) is 14.9 Å². The Kier molecular flexibility index (Phi) is 8.17. The highest BCUT2D eigenvalue weighted by molar-refractivity contribution is 7.80. The van der Waals surface area contributed by atoms with Gasteiger partial charge in [0.2, 0.25) is 5.91 Å². The van der Waals surface area contributed by atoms with Crippen LogP contribution in [0.3, 0.4) is 0 Å². The number of methoxy groups -OCH3 is 1. The first kappa shape index (κ1) is 21.1. The van der Waals surface area contributed by atoms with E-state index in [1.54, 1.807) is 37.5 Å². The number of anilines is 1. The van der Waals surface area contributed by atoms with Crippen LogP contribution >= 0.6 is 12.2 Å². The Hall–Kier alpha value is -3.19. The summed E-state index contributed by atoms with van der Waals surface area (Å²) in [5, 5.41) is 8.46. The monoisotopic (exact) mass is 397 g/mol. The van der Waals surface area contributed by atoms with Crippen LogP contribution in [-0.2, 0) is 4.79 Å². The van der Waals surface area contributed by atoms with Gasteiger partial charge in [0, 0.05) is 29.4 Å². The summed E-state index contributed by atoms with van der Waals surface area (Å²) >= 11 is 5.15. The van der Waals surface area contributed by atoms with Gasteiger partial charge in [-0.25, -0.2) is 0 Å². The molecule has 0 saturated carbocycles. The number of carbonyl (C=O) groups is 2. The highest BCUT2D eigenvalue weighted by Crippen LogP contribution is 2.18. The molecule has 7 heteroatoms. The number of rotatable bonds is 7. The van der Waals surface area contributed by atoms with Gasteiger partial charge in [-0.1, -0.05) is 25.1 Å². The first-order chi connectivity index (χ1) is 13.5. The molecular formula is C21H23N3O3S. The average molecular weight is 398 g/mol. The smallest absolute Gasteiger partial charge is 0.251 e. The van der Waals surface area contributed by atoms with Gasteiger partial charge in [-0.2, -0.15) is 0 Å². The van der Waals surface area contributed by atoms with Gasteiger partial charge in [-0.05, 0) is 55.0 Å². The molecule has 2 aromatic carbocycles. The minimum Gasteiger partial charge on any atom is -0.496 e. The van der Waals surface area contributed by atoms with E-state index in [-0.39, 0.29) is 16.9 Å². The van der Waals surface area contributed by atoms with Crippen LogP contribution in [0.15, 0.2) is 54.6 Å². The number of thiocarbonyl (C=S) groups is 1. The van der Waals surface area contributed by atoms with E-state index in [4.69, 9.17) is 17.0 Å². The Morgan fingerprint density at radius 1 is 1.11 bits per heavy atom. The maximum atomic E-state index is 12.0. The molecule has 28 heavy (non-hydrogen) atoms. The first-order valence-electron chi connectivity index (χ1n) is 8.84. The summed E-state index contributed by atoms with van der Waals surface area (Å²) in [7, 11) is 1.57. The highest BCUT2D eigenvalue weighted by Gasteiger charge is 2.06. The summed E-state index contributed by atoms with van der Waals surface area (Å²) in [6.45, 7) is 2.63. The maximum Gasteiger partial charge on any atom is 0.251 e. The average Bonchev–Trinajstić information content (AvgIpc) is 2.71. The van der Waals surface area contributed by atoms with Crippen molar-refractivity contribution in [3.8, 4) is 5.75 Å². The molecule has 0 heterocycles. The standard InChI is InChI=1S/C21H23N3O3S/c1-3-14-22-20(26)16-8-11-17(12-9-16)23-21(28)24-19(25)13-10-15-6-4-5-7-18(15)27-2/h4-13H,3,14H2,1-2H3,(H,22,26)(H2,23,24,25,28)/b13-10+. The Balaban J connectivity index is 1.88. The van der Waals surface area contributed by atoms with E-state index >= 15 is 0 Å². The predicted octanol–water partition coefficient (Wildman–Crippen LogP) is 3.36. The lowest BCUT2D eigenvalue weighted by atomic mass is 10.2. The fourth-order valence-corrected chi connectivity index (χ4v) is 2.55. The Morgan fingerprint density at radius 2 is 1.82 bits per heavy atom. The van der Waals surface area contributed by atoms with Crippen molar-refractivity contribution in [1.82, 2.24) is 10.6 Å². The predicted molar refractivity (Wildman–Crippen MR) is 115 cm³/mol. The number of amides is 2. The van der Waals surface area contributed by atoms with Crippen molar-refractivity contribution in [2.45, 2.75) is 13.3 Å². The highest BCUT2D eigenvalue weighted by atomic mass is 32.1. The van der Waals surface area contributed by atoms with Gasteiger partial charge in [0.15, 0.2) is 5.11 Å². The SMILES string of the molecule is CCCNC(=O)c1ccc(NC(=S)NC(=O)/C=C/c2ccccc2OC)cc1. The van der Waals surface area contributed by atoms with Crippen molar-refractivity contribution < 1.29 is 14.3 Å². The molecule has 2 rings (SSSR count). The van der Waals surface area contributed by atoms with E-state index in [9.17, 15) is 9.59 Å². The zero-order chi connectivity index (χ0) is 20.4. The zero-order valence-electron chi connectivity index (χ0n) is 15.8. The second-order valence-electron chi connectivity index (χ2n) is 5.85. The molecule has 6 nitrogen and oxygen atoms in total. The molecule has 0 spiro atoms. The fraction of sp³-hybridized carbons (Fsp3) is 0.190. The molecule has 3 N–H and O–H groups in total. The van der Waals surface area contributed by atoms with Crippen LogP contribution in [0.1, 0.15) is 29.3 Å². The van der Waals surface area contributed by atoms with E-state index in [0.717, 1.165) is 12.0 Å². The summed E-state index contributed by atoms with van der Waals surface area (Å²) in [5.41, 5.74) is 2.02. The van der Waals surface area contributed by atoms with E-state index in [1.807, 2.05) is 31.2 Å². The second kappa shape index (κ2) is 10.8. The summed E-state index contributed by atoms with van der Waals surface area (Å²) in [4.78, 5) is 23.9. The topological polar surface area (TPSA) is 79.5 Å². The number of benzene rings is 2.